The Morgan fingerprint density at radius 1 is 0.658 bits per heavy atom. The fourth-order valence-electron chi connectivity index (χ4n) is 10.2. The molecule has 0 aromatic heterocycles. The quantitative estimate of drug-likeness (QED) is 0.0337. The Balaban J connectivity index is 1.53. The highest BCUT2D eigenvalue weighted by Crippen LogP contribution is 2.54. The van der Waals surface area contributed by atoms with E-state index in [-0.39, 0.29) is 79.2 Å². The van der Waals surface area contributed by atoms with Crippen LogP contribution in [-0.4, -0.2) is 145 Å². The molecule has 0 fully saturated rings. The number of carboxylic acid groups (broad SMARTS) is 1. The van der Waals surface area contributed by atoms with Crippen LogP contribution in [0.2, 0.25) is 0 Å². The summed E-state index contributed by atoms with van der Waals surface area (Å²) in [5, 5.41) is 8.88. The first kappa shape index (κ1) is 60.2. The largest absolute Gasteiger partial charge is 0.744 e. The number of allylic oxidation sites excluding steroid dienone is 6. The van der Waals surface area contributed by atoms with Crippen molar-refractivity contribution in [1.82, 2.24) is 0 Å². The number of aliphatic carboxylic acids is 1. The third-order valence-electron chi connectivity index (χ3n) is 13.6. The maximum absolute atomic E-state index is 12.7. The maximum atomic E-state index is 12.7. The van der Waals surface area contributed by atoms with Gasteiger partial charge in [-0.15, -0.1) is 0 Å². The summed E-state index contributed by atoms with van der Waals surface area (Å²) in [6.45, 7) is 6.97. The number of hydrogen-bond donors (Lipinski definition) is 2. The second kappa shape index (κ2) is 23.5. The van der Waals surface area contributed by atoms with E-state index >= 15 is 0 Å². The van der Waals surface area contributed by atoms with E-state index in [0.29, 0.717) is 79.5 Å². The van der Waals surface area contributed by atoms with Crippen LogP contribution in [0.15, 0.2) is 104 Å². The minimum atomic E-state index is -5.41. The monoisotopic (exact) mass is 1150 g/mol. The van der Waals surface area contributed by atoms with Crippen LogP contribution in [0.4, 0.5) is 11.4 Å². The summed E-state index contributed by atoms with van der Waals surface area (Å²) in [6, 6.07) is 8.79. The summed E-state index contributed by atoms with van der Waals surface area (Å²) in [4.78, 5) is 9.41. The van der Waals surface area contributed by atoms with Crippen molar-refractivity contribution in [2.24, 2.45) is 0 Å². The number of methoxy groups -OCH3 is 1. The number of unbranched alkanes of at least 4 members (excludes halogenated alkanes) is 2. The molecule has 0 spiro atoms. The fraction of sp³-hybridized carbons (Fsp3) is 0.429. The molecule has 416 valence electrons. The third-order valence-corrected chi connectivity index (χ3v) is 17.7. The second-order valence-electron chi connectivity index (χ2n) is 18.6. The average molecular weight is 1150 g/mol. The topological polar surface area (TPSA) is 354 Å². The molecule has 0 radical (unpaired) electrons. The summed E-state index contributed by atoms with van der Waals surface area (Å²) in [5.41, 5.74) is 0.0662. The molecular weight excluding hydrogens is 1100 g/mol. The van der Waals surface area contributed by atoms with Gasteiger partial charge >= 0.3 is 5.97 Å². The second-order valence-corrected chi connectivity index (χ2v) is 25.6. The van der Waals surface area contributed by atoms with Gasteiger partial charge in [-0.25, -0.2) is 33.7 Å². The standard InChI is InChI=1S/C49H60N2O20S5/c1-5-50-39-18-16-35-37(29-33(73(57,58)59)31-41(35)75(63,64)65)46(39)49(3,21-23-70-26-27-71-25-24-69-4)43(50)13-8-6-9-14-44-48(2,20-12-28-72(54,55)56)47-38-30-34(74(60,61)62)32-42(76(66,67)68)36(38)17-19-40(47)51(44)22-11-7-10-15-45(52)53/h6,8-9,13-14,16-19,29-32H,5,7,10-12,15,20-28H2,1-4H3,(H5-,52,53,54,55,56,57,58,59,60,61,62,63,64,65,66,67,68)/p-3. The molecule has 0 amide bonds. The minimum Gasteiger partial charge on any atom is -0.744 e. The van der Waals surface area contributed by atoms with Crippen molar-refractivity contribution in [3.05, 3.63) is 95.7 Å². The molecule has 6 rings (SSSR count). The van der Waals surface area contributed by atoms with Gasteiger partial charge in [0.15, 0.2) is 5.71 Å². The lowest BCUT2D eigenvalue weighted by Gasteiger charge is -2.30. The van der Waals surface area contributed by atoms with Crippen LogP contribution in [-0.2, 0) is 80.4 Å². The van der Waals surface area contributed by atoms with E-state index in [9.17, 15) is 74.8 Å². The SMILES string of the molecule is CCN1C(=CC=CC=CC2=[N+](CCCCCC(=O)O)c3ccc4c(S(=O)(=O)[O-])cc(S(=O)(=O)[O-])cc4c3C2(C)CCCS(=O)(=O)O)C(C)(CCOCCOCCOC)c2c1ccc1c(S(=O)(=O)[O-])cc(S(=O)(=O)[O-])cc21. The molecule has 0 saturated carbocycles. The molecule has 2 aliphatic rings. The maximum Gasteiger partial charge on any atom is 0.303 e. The Bertz CT molecular complexity index is 3630. The normalized spacial score (nSPS) is 19.1. The summed E-state index contributed by atoms with van der Waals surface area (Å²) in [7, 11) is -24.4. The molecule has 27 heteroatoms. The van der Waals surface area contributed by atoms with E-state index in [4.69, 9.17) is 14.2 Å². The van der Waals surface area contributed by atoms with Crippen LogP contribution in [0.25, 0.3) is 21.5 Å². The zero-order chi connectivity index (χ0) is 56.2. The van der Waals surface area contributed by atoms with Gasteiger partial charge in [-0.3, -0.25) is 9.35 Å². The molecule has 0 aliphatic carbocycles. The van der Waals surface area contributed by atoms with E-state index in [0.717, 1.165) is 12.1 Å². The number of hydrogen-bond acceptors (Lipinski definition) is 19. The van der Waals surface area contributed by atoms with Crippen molar-refractivity contribution in [3.63, 3.8) is 0 Å². The number of likely N-dealkylation sites (N-methyl/N-ethyl adjacent to an activating group) is 1. The van der Waals surface area contributed by atoms with Gasteiger partial charge in [-0.1, -0.05) is 24.3 Å². The van der Waals surface area contributed by atoms with Crippen LogP contribution in [0, 0.1) is 0 Å². The van der Waals surface area contributed by atoms with Gasteiger partial charge in [0.25, 0.3) is 10.1 Å². The predicted octanol–water partition coefficient (Wildman–Crippen LogP) is 5.14. The van der Waals surface area contributed by atoms with Crippen molar-refractivity contribution in [2.45, 2.75) is 96.1 Å². The highest BCUT2D eigenvalue weighted by Gasteiger charge is 2.49. The minimum absolute atomic E-state index is 0.0287. The molecule has 2 heterocycles. The van der Waals surface area contributed by atoms with Crippen LogP contribution in [0.3, 0.4) is 0 Å². The molecule has 0 saturated heterocycles. The summed E-state index contributed by atoms with van der Waals surface area (Å²) in [6.07, 6.45) is 9.21. The lowest BCUT2D eigenvalue weighted by Crippen LogP contribution is -2.32. The van der Waals surface area contributed by atoms with Gasteiger partial charge in [0.05, 0.1) is 57.2 Å². The van der Waals surface area contributed by atoms with Crippen molar-refractivity contribution in [3.8, 4) is 0 Å². The predicted molar refractivity (Wildman–Crippen MR) is 274 cm³/mol. The van der Waals surface area contributed by atoms with E-state index in [1.807, 2.05) is 18.7 Å². The first-order chi connectivity index (χ1) is 35.4. The molecular formula is C49H57N2O20S5-3. The number of rotatable bonds is 27. The number of fused-ring (bicyclic) bond motifs is 6. The van der Waals surface area contributed by atoms with Crippen LogP contribution >= 0.6 is 0 Å². The first-order valence-electron chi connectivity index (χ1n) is 23.7. The van der Waals surface area contributed by atoms with Crippen molar-refractivity contribution in [1.29, 1.82) is 0 Å². The van der Waals surface area contributed by atoms with Crippen molar-refractivity contribution < 1.29 is 93.5 Å². The molecule has 4 aromatic rings. The Morgan fingerprint density at radius 2 is 1.22 bits per heavy atom. The highest BCUT2D eigenvalue weighted by molar-refractivity contribution is 7.87. The molecule has 0 bridgehead atoms. The molecule has 2 aliphatic heterocycles. The Hall–Kier alpha value is -5.01. The fourth-order valence-corrected chi connectivity index (χ4v) is 13.4. The number of anilines is 1. The van der Waals surface area contributed by atoms with Gasteiger partial charge in [0.1, 0.15) is 47.0 Å². The van der Waals surface area contributed by atoms with E-state index < -0.39 is 92.7 Å². The van der Waals surface area contributed by atoms with Gasteiger partial charge in [0, 0.05) is 73.0 Å². The number of carboxylic acids is 1. The first-order valence-corrected chi connectivity index (χ1v) is 31.0. The number of nitrogens with zero attached hydrogens (tertiary/aromatic N) is 2. The Morgan fingerprint density at radius 3 is 1.76 bits per heavy atom. The van der Waals surface area contributed by atoms with Crippen LogP contribution < -0.4 is 4.90 Å². The van der Waals surface area contributed by atoms with Gasteiger partial charge in [-0.2, -0.15) is 13.0 Å². The molecule has 4 aromatic carbocycles. The lowest BCUT2D eigenvalue weighted by atomic mass is 9.74. The molecule has 2 unspecified atom stereocenters. The van der Waals surface area contributed by atoms with Gasteiger partial charge in [-0.05, 0) is 117 Å². The van der Waals surface area contributed by atoms with Crippen molar-refractivity contribution in [2.75, 3.05) is 63.9 Å². The molecule has 2 atom stereocenters. The smallest absolute Gasteiger partial charge is 0.303 e. The molecule has 22 nitrogen and oxygen atoms in total. The average Bonchev–Trinajstić information content (AvgIpc) is 3.70. The number of carbonyl (C=O) groups is 1. The molecule has 2 N–H and O–H groups in total. The third kappa shape index (κ3) is 13.4. The van der Waals surface area contributed by atoms with Gasteiger partial charge in [0.2, 0.25) is 5.69 Å². The number of ether oxygens (including phenoxy) is 3. The van der Waals surface area contributed by atoms with Crippen LogP contribution in [0.1, 0.15) is 76.8 Å². The Kier molecular flexibility index (Phi) is 18.6. The summed E-state index contributed by atoms with van der Waals surface area (Å²) < 4.78 is 203. The Labute approximate surface area is 442 Å². The van der Waals surface area contributed by atoms with E-state index in [1.165, 1.54) is 25.3 Å². The van der Waals surface area contributed by atoms with E-state index in [2.05, 4.69) is 0 Å². The molecule has 76 heavy (non-hydrogen) atoms. The van der Waals surface area contributed by atoms with Crippen molar-refractivity contribution >= 4 is 95.2 Å². The highest BCUT2D eigenvalue weighted by atomic mass is 32.2. The van der Waals surface area contributed by atoms with E-state index in [1.54, 1.807) is 47.9 Å². The van der Waals surface area contributed by atoms with Crippen LogP contribution in [0.5, 0.6) is 0 Å². The zero-order valence-electron chi connectivity index (χ0n) is 41.8. The summed E-state index contributed by atoms with van der Waals surface area (Å²) >= 11 is 0. The zero-order valence-corrected chi connectivity index (χ0v) is 45.9. The number of benzene rings is 4. The summed E-state index contributed by atoms with van der Waals surface area (Å²) in [5.74, 6) is -1.73. The van der Waals surface area contributed by atoms with Gasteiger partial charge < -0.3 is 42.4 Å². The lowest BCUT2D eigenvalue weighted by molar-refractivity contribution is -0.438.